The summed E-state index contributed by atoms with van der Waals surface area (Å²) in [6.45, 7) is 3.41. The molecule has 1 amide bonds. The number of carbonyl (C=O) groups excluding carboxylic acids is 1. The van der Waals surface area contributed by atoms with Crippen LogP contribution in [0.15, 0.2) is 24.3 Å². The summed E-state index contributed by atoms with van der Waals surface area (Å²) in [4.78, 5) is 12.1. The smallest absolute Gasteiger partial charge is 0.253 e. The van der Waals surface area contributed by atoms with Crippen LogP contribution in [-0.4, -0.2) is 25.2 Å². The maximum Gasteiger partial charge on any atom is 0.253 e. The third kappa shape index (κ3) is 3.78. The van der Waals surface area contributed by atoms with E-state index in [1.807, 2.05) is 18.2 Å². The standard InChI is InChI=1S/C15H22N2O2/c1-11-7-9-19-14(11)15(18)17-13-6-2-4-12(10-13)5-3-8-16/h2,4,6,10-11,14H,3,5,7-9,16H2,1H3,(H,17,18). The number of carbonyl (C=O) groups is 1. The summed E-state index contributed by atoms with van der Waals surface area (Å²) in [6.07, 6.45) is 2.54. The van der Waals surface area contributed by atoms with Gasteiger partial charge in [0.2, 0.25) is 0 Å². The third-order valence-corrected chi connectivity index (χ3v) is 3.51. The van der Waals surface area contributed by atoms with E-state index < -0.39 is 0 Å². The Kier molecular flexibility index (Phi) is 4.93. The van der Waals surface area contributed by atoms with Crippen molar-refractivity contribution in [2.75, 3.05) is 18.5 Å². The second kappa shape index (κ2) is 6.68. The van der Waals surface area contributed by atoms with Gasteiger partial charge in [0.15, 0.2) is 0 Å². The number of ether oxygens (including phenoxy) is 1. The summed E-state index contributed by atoms with van der Waals surface area (Å²) < 4.78 is 5.47. The van der Waals surface area contributed by atoms with Crippen LogP contribution in [0.2, 0.25) is 0 Å². The number of nitrogens with one attached hydrogen (secondary N) is 1. The lowest BCUT2D eigenvalue weighted by molar-refractivity contribution is -0.126. The van der Waals surface area contributed by atoms with Gasteiger partial charge in [-0.1, -0.05) is 19.1 Å². The van der Waals surface area contributed by atoms with E-state index in [2.05, 4.69) is 18.3 Å². The SMILES string of the molecule is CC1CCOC1C(=O)Nc1cccc(CCCN)c1. The topological polar surface area (TPSA) is 64.3 Å². The second-order valence-corrected chi connectivity index (χ2v) is 5.14. The molecule has 0 aliphatic carbocycles. The fourth-order valence-electron chi connectivity index (χ4n) is 2.35. The summed E-state index contributed by atoms with van der Waals surface area (Å²) in [5.74, 6) is 0.251. The van der Waals surface area contributed by atoms with E-state index in [1.54, 1.807) is 0 Å². The Hall–Kier alpha value is -1.39. The molecule has 1 aliphatic rings. The van der Waals surface area contributed by atoms with E-state index in [0.29, 0.717) is 19.1 Å². The Balaban J connectivity index is 1.96. The Morgan fingerprint density at radius 3 is 3.05 bits per heavy atom. The number of hydrogen-bond acceptors (Lipinski definition) is 3. The van der Waals surface area contributed by atoms with Crippen molar-refractivity contribution in [2.45, 2.75) is 32.3 Å². The van der Waals surface area contributed by atoms with E-state index in [4.69, 9.17) is 10.5 Å². The maximum absolute atomic E-state index is 12.1. The monoisotopic (exact) mass is 262 g/mol. The third-order valence-electron chi connectivity index (χ3n) is 3.51. The molecule has 0 spiro atoms. The number of anilines is 1. The number of rotatable bonds is 5. The first kappa shape index (κ1) is 14.0. The molecular weight excluding hydrogens is 240 g/mol. The van der Waals surface area contributed by atoms with Crippen LogP contribution in [0.1, 0.15) is 25.3 Å². The maximum atomic E-state index is 12.1. The van der Waals surface area contributed by atoms with Gasteiger partial charge in [-0.15, -0.1) is 0 Å². The van der Waals surface area contributed by atoms with Gasteiger partial charge < -0.3 is 15.8 Å². The average molecular weight is 262 g/mol. The van der Waals surface area contributed by atoms with E-state index in [0.717, 1.165) is 24.9 Å². The van der Waals surface area contributed by atoms with Gasteiger partial charge in [-0.2, -0.15) is 0 Å². The van der Waals surface area contributed by atoms with Crippen LogP contribution >= 0.6 is 0 Å². The summed E-state index contributed by atoms with van der Waals surface area (Å²) in [7, 11) is 0. The van der Waals surface area contributed by atoms with Crippen LogP contribution in [-0.2, 0) is 16.0 Å². The first-order valence-corrected chi connectivity index (χ1v) is 6.92. The zero-order chi connectivity index (χ0) is 13.7. The highest BCUT2D eigenvalue weighted by molar-refractivity contribution is 5.94. The minimum absolute atomic E-state index is 0.0408. The van der Waals surface area contributed by atoms with Crippen molar-refractivity contribution in [3.8, 4) is 0 Å². The van der Waals surface area contributed by atoms with Crippen LogP contribution in [0.3, 0.4) is 0 Å². The molecule has 2 rings (SSSR count). The molecule has 0 radical (unpaired) electrons. The van der Waals surface area contributed by atoms with E-state index in [1.165, 1.54) is 5.56 Å². The van der Waals surface area contributed by atoms with Gasteiger partial charge in [0.1, 0.15) is 6.10 Å². The normalized spacial score (nSPS) is 22.4. The van der Waals surface area contributed by atoms with Crippen molar-refractivity contribution >= 4 is 11.6 Å². The molecule has 0 bridgehead atoms. The van der Waals surface area contributed by atoms with Gasteiger partial charge in [-0.3, -0.25) is 4.79 Å². The highest BCUT2D eigenvalue weighted by Gasteiger charge is 2.30. The molecule has 1 fully saturated rings. The lowest BCUT2D eigenvalue weighted by atomic mass is 10.0. The molecule has 1 aromatic carbocycles. The first-order chi connectivity index (χ1) is 9.20. The second-order valence-electron chi connectivity index (χ2n) is 5.14. The van der Waals surface area contributed by atoms with Crippen LogP contribution in [0.4, 0.5) is 5.69 Å². The molecule has 19 heavy (non-hydrogen) atoms. The van der Waals surface area contributed by atoms with Gasteiger partial charge in [0.05, 0.1) is 0 Å². The fourth-order valence-corrected chi connectivity index (χ4v) is 2.35. The molecule has 1 aromatic rings. The van der Waals surface area contributed by atoms with Gasteiger partial charge in [-0.05, 0) is 49.4 Å². The number of hydrogen-bond donors (Lipinski definition) is 2. The lowest BCUT2D eigenvalue weighted by Crippen LogP contribution is -2.31. The molecule has 1 saturated heterocycles. The largest absolute Gasteiger partial charge is 0.368 e. The van der Waals surface area contributed by atoms with E-state index in [-0.39, 0.29) is 12.0 Å². The molecule has 2 unspecified atom stereocenters. The molecule has 2 atom stereocenters. The first-order valence-electron chi connectivity index (χ1n) is 6.92. The van der Waals surface area contributed by atoms with Crippen molar-refractivity contribution in [2.24, 2.45) is 11.7 Å². The highest BCUT2D eigenvalue weighted by Crippen LogP contribution is 2.22. The van der Waals surface area contributed by atoms with Gasteiger partial charge in [-0.25, -0.2) is 0 Å². The van der Waals surface area contributed by atoms with Crippen LogP contribution in [0.5, 0.6) is 0 Å². The Labute approximate surface area is 114 Å². The number of benzene rings is 1. The zero-order valence-electron chi connectivity index (χ0n) is 11.4. The molecule has 104 valence electrons. The summed E-state index contributed by atoms with van der Waals surface area (Å²) in [5, 5.41) is 2.94. The van der Waals surface area contributed by atoms with Crippen molar-refractivity contribution in [1.82, 2.24) is 0 Å². The number of aryl methyl sites for hydroxylation is 1. The molecule has 4 heteroatoms. The molecule has 0 aromatic heterocycles. The molecular formula is C15H22N2O2. The van der Waals surface area contributed by atoms with Crippen molar-refractivity contribution < 1.29 is 9.53 Å². The molecule has 3 N–H and O–H groups in total. The highest BCUT2D eigenvalue weighted by atomic mass is 16.5. The molecule has 1 heterocycles. The Morgan fingerprint density at radius 1 is 1.53 bits per heavy atom. The quantitative estimate of drug-likeness (QED) is 0.852. The number of nitrogens with two attached hydrogens (primary N) is 1. The molecule has 4 nitrogen and oxygen atoms in total. The lowest BCUT2D eigenvalue weighted by Gasteiger charge is -2.15. The minimum Gasteiger partial charge on any atom is -0.368 e. The predicted octanol–water partition coefficient (Wildman–Crippen LogP) is 1.94. The predicted molar refractivity (Wildman–Crippen MR) is 76.0 cm³/mol. The van der Waals surface area contributed by atoms with Crippen LogP contribution in [0.25, 0.3) is 0 Å². The van der Waals surface area contributed by atoms with Crippen molar-refractivity contribution in [1.29, 1.82) is 0 Å². The number of amides is 1. The summed E-state index contributed by atoms with van der Waals surface area (Å²) in [5.41, 5.74) is 7.54. The summed E-state index contributed by atoms with van der Waals surface area (Å²) >= 11 is 0. The van der Waals surface area contributed by atoms with Crippen molar-refractivity contribution in [3.05, 3.63) is 29.8 Å². The zero-order valence-corrected chi connectivity index (χ0v) is 11.4. The Bertz CT molecular complexity index is 434. The van der Waals surface area contributed by atoms with E-state index >= 15 is 0 Å². The van der Waals surface area contributed by atoms with Gasteiger partial charge >= 0.3 is 0 Å². The molecule has 1 aliphatic heterocycles. The molecule has 0 saturated carbocycles. The van der Waals surface area contributed by atoms with Gasteiger partial charge in [0, 0.05) is 12.3 Å². The van der Waals surface area contributed by atoms with E-state index in [9.17, 15) is 4.79 Å². The van der Waals surface area contributed by atoms with Crippen molar-refractivity contribution in [3.63, 3.8) is 0 Å². The minimum atomic E-state index is -0.312. The Morgan fingerprint density at radius 2 is 2.37 bits per heavy atom. The average Bonchev–Trinajstić information content (AvgIpc) is 2.83. The van der Waals surface area contributed by atoms with Gasteiger partial charge in [0.25, 0.3) is 5.91 Å². The van der Waals surface area contributed by atoms with Crippen LogP contribution < -0.4 is 11.1 Å². The van der Waals surface area contributed by atoms with Crippen LogP contribution in [0, 0.1) is 5.92 Å². The summed E-state index contributed by atoms with van der Waals surface area (Å²) in [6, 6.07) is 7.93. The fraction of sp³-hybridized carbons (Fsp3) is 0.533.